The average molecular weight is 387 g/mol. The van der Waals surface area contributed by atoms with Crippen molar-refractivity contribution in [3.05, 3.63) is 46.3 Å². The van der Waals surface area contributed by atoms with Crippen LogP contribution in [0.2, 0.25) is 0 Å². The molecule has 26 heavy (non-hydrogen) atoms. The van der Waals surface area contributed by atoms with Gasteiger partial charge in [-0.2, -0.15) is 0 Å². The van der Waals surface area contributed by atoms with Crippen LogP contribution in [-0.2, 0) is 6.54 Å². The fourth-order valence-corrected chi connectivity index (χ4v) is 5.09. The molecule has 3 heterocycles. The van der Waals surface area contributed by atoms with Crippen LogP contribution in [0.15, 0.2) is 30.3 Å². The summed E-state index contributed by atoms with van der Waals surface area (Å²) in [5, 5.41) is 12.8. The predicted molar refractivity (Wildman–Crippen MR) is 104 cm³/mol. The molecule has 8 heteroatoms. The molecular weight excluding hydrogens is 370 g/mol. The van der Waals surface area contributed by atoms with Crippen LogP contribution >= 0.6 is 22.7 Å². The van der Waals surface area contributed by atoms with Gasteiger partial charge in [-0.25, -0.2) is 9.78 Å². The van der Waals surface area contributed by atoms with Crippen LogP contribution in [0.1, 0.15) is 38.4 Å². The van der Waals surface area contributed by atoms with Gasteiger partial charge in [-0.15, -0.1) is 11.3 Å². The Morgan fingerprint density at radius 1 is 1.15 bits per heavy atom. The molecule has 6 nitrogen and oxygen atoms in total. The predicted octanol–water partition coefficient (Wildman–Crippen LogP) is 3.59. The molecule has 0 saturated carbocycles. The number of anilines is 1. The minimum atomic E-state index is -0.958. The van der Waals surface area contributed by atoms with Gasteiger partial charge in [-0.05, 0) is 36.6 Å². The van der Waals surface area contributed by atoms with Gasteiger partial charge in [0, 0.05) is 19.6 Å². The lowest BCUT2D eigenvalue weighted by Crippen LogP contribution is -2.21. The lowest BCUT2D eigenvalue weighted by atomic mass is 10.1. The second-order valence-corrected chi connectivity index (χ2v) is 8.20. The summed E-state index contributed by atoms with van der Waals surface area (Å²) in [6.45, 7) is 2.49. The van der Waals surface area contributed by atoms with Crippen molar-refractivity contribution in [2.75, 3.05) is 18.0 Å². The number of thiazole rings is 1. The molecule has 2 N–H and O–H groups in total. The monoisotopic (exact) mass is 387 g/mol. The number of carbonyl (C=O) groups excluding carboxylic acids is 1. The first-order valence-corrected chi connectivity index (χ1v) is 9.99. The van der Waals surface area contributed by atoms with Crippen LogP contribution in [0.25, 0.3) is 9.53 Å². The van der Waals surface area contributed by atoms with Gasteiger partial charge in [0.15, 0.2) is 5.13 Å². The molecule has 0 radical (unpaired) electrons. The molecule has 1 aliphatic rings. The smallest absolute Gasteiger partial charge is 0.335 e. The highest BCUT2D eigenvalue weighted by atomic mass is 32.1. The molecule has 1 aliphatic heterocycles. The van der Waals surface area contributed by atoms with Crippen LogP contribution in [-0.4, -0.2) is 35.1 Å². The maximum absolute atomic E-state index is 12.4. The number of benzene rings is 1. The Hall–Kier alpha value is -2.45. The largest absolute Gasteiger partial charge is 0.478 e. The third-order valence-electron chi connectivity index (χ3n) is 4.33. The molecule has 134 valence electrons. The van der Waals surface area contributed by atoms with Crippen LogP contribution in [0.3, 0.4) is 0 Å². The Labute approximate surface area is 158 Å². The third-order valence-corrected chi connectivity index (χ3v) is 6.55. The van der Waals surface area contributed by atoms with Gasteiger partial charge in [-0.3, -0.25) is 4.79 Å². The molecule has 0 spiro atoms. The van der Waals surface area contributed by atoms with Crippen LogP contribution in [0.5, 0.6) is 0 Å². The van der Waals surface area contributed by atoms with E-state index in [1.807, 2.05) is 6.07 Å². The molecule has 0 atom stereocenters. The second-order valence-electron chi connectivity index (χ2n) is 6.16. The van der Waals surface area contributed by atoms with Gasteiger partial charge in [-0.1, -0.05) is 23.5 Å². The van der Waals surface area contributed by atoms with Crippen molar-refractivity contribution in [3.8, 4) is 0 Å². The van der Waals surface area contributed by atoms with E-state index in [0.29, 0.717) is 11.4 Å². The average Bonchev–Trinajstić information content (AvgIpc) is 3.35. The number of carbonyl (C=O) groups is 2. The molecule has 4 rings (SSSR count). The molecule has 2 aromatic heterocycles. The van der Waals surface area contributed by atoms with E-state index >= 15 is 0 Å². The number of hydrogen-bond acceptors (Lipinski definition) is 6. The standard InChI is InChI=1S/C18H17N3O3S2/c22-15(19-10-11-3-5-12(6-4-11)17(23)24)13-9-14-16(25-13)20-18(26-14)21-7-1-2-8-21/h3-6,9H,1-2,7-8,10H2,(H,19,22)(H,23,24). The quantitative estimate of drug-likeness (QED) is 0.699. The van der Waals surface area contributed by atoms with Crippen molar-refractivity contribution in [1.29, 1.82) is 0 Å². The molecule has 1 aromatic carbocycles. The van der Waals surface area contributed by atoms with Gasteiger partial charge >= 0.3 is 5.97 Å². The van der Waals surface area contributed by atoms with E-state index in [2.05, 4.69) is 15.2 Å². The minimum absolute atomic E-state index is 0.134. The molecule has 0 unspecified atom stereocenters. The highest BCUT2D eigenvalue weighted by Gasteiger charge is 2.19. The lowest BCUT2D eigenvalue weighted by Gasteiger charge is -2.11. The first-order valence-electron chi connectivity index (χ1n) is 8.36. The van der Waals surface area contributed by atoms with E-state index in [1.54, 1.807) is 23.5 Å². The highest BCUT2D eigenvalue weighted by Crippen LogP contribution is 2.35. The van der Waals surface area contributed by atoms with Crippen molar-refractivity contribution < 1.29 is 14.7 Å². The fourth-order valence-electron chi connectivity index (χ4n) is 2.91. The van der Waals surface area contributed by atoms with E-state index in [9.17, 15) is 9.59 Å². The summed E-state index contributed by atoms with van der Waals surface area (Å²) in [5.74, 6) is -1.09. The molecule has 1 amide bonds. The lowest BCUT2D eigenvalue weighted by molar-refractivity contribution is 0.0696. The van der Waals surface area contributed by atoms with Crippen molar-refractivity contribution >= 4 is 49.2 Å². The first kappa shape index (κ1) is 17.0. The molecular formula is C18H17N3O3S2. The molecule has 1 saturated heterocycles. The first-order chi connectivity index (χ1) is 12.6. The van der Waals surface area contributed by atoms with Gasteiger partial charge in [0.1, 0.15) is 4.83 Å². The van der Waals surface area contributed by atoms with Crippen LogP contribution < -0.4 is 10.2 Å². The Morgan fingerprint density at radius 3 is 2.54 bits per heavy atom. The summed E-state index contributed by atoms with van der Waals surface area (Å²) in [4.78, 5) is 31.8. The van der Waals surface area contributed by atoms with E-state index in [1.165, 1.54) is 36.3 Å². The number of nitrogens with zero attached hydrogens (tertiary/aromatic N) is 2. The number of fused-ring (bicyclic) bond motifs is 1. The van der Waals surface area contributed by atoms with Crippen LogP contribution in [0, 0.1) is 0 Å². The van der Waals surface area contributed by atoms with Gasteiger partial charge in [0.2, 0.25) is 0 Å². The van der Waals surface area contributed by atoms with Gasteiger partial charge in [0.05, 0.1) is 15.1 Å². The number of carboxylic acids is 1. The summed E-state index contributed by atoms with van der Waals surface area (Å²) in [5.41, 5.74) is 1.09. The molecule has 1 fully saturated rings. The molecule has 0 bridgehead atoms. The van der Waals surface area contributed by atoms with Crippen LogP contribution in [0.4, 0.5) is 5.13 Å². The zero-order chi connectivity index (χ0) is 18.1. The zero-order valence-electron chi connectivity index (χ0n) is 13.9. The van der Waals surface area contributed by atoms with Gasteiger partial charge < -0.3 is 15.3 Å². The molecule has 0 aliphatic carbocycles. The van der Waals surface area contributed by atoms with Crippen molar-refractivity contribution in [3.63, 3.8) is 0 Å². The number of hydrogen-bond donors (Lipinski definition) is 2. The number of carboxylic acid groups (broad SMARTS) is 1. The van der Waals surface area contributed by atoms with Gasteiger partial charge in [0.25, 0.3) is 5.91 Å². The number of nitrogens with one attached hydrogen (secondary N) is 1. The zero-order valence-corrected chi connectivity index (χ0v) is 15.5. The van der Waals surface area contributed by atoms with Crippen molar-refractivity contribution in [2.45, 2.75) is 19.4 Å². The number of aromatic nitrogens is 1. The van der Waals surface area contributed by atoms with E-state index in [0.717, 1.165) is 33.3 Å². The van der Waals surface area contributed by atoms with Crippen molar-refractivity contribution in [2.24, 2.45) is 0 Å². The number of amides is 1. The number of rotatable bonds is 5. The SMILES string of the molecule is O=C(O)c1ccc(CNC(=O)c2cc3sc(N4CCCC4)nc3s2)cc1. The Morgan fingerprint density at radius 2 is 1.88 bits per heavy atom. The highest BCUT2D eigenvalue weighted by molar-refractivity contribution is 7.29. The van der Waals surface area contributed by atoms with E-state index in [-0.39, 0.29) is 11.5 Å². The summed E-state index contributed by atoms with van der Waals surface area (Å²) >= 11 is 3.05. The number of thiophene rings is 1. The van der Waals surface area contributed by atoms with Crippen molar-refractivity contribution in [1.82, 2.24) is 10.3 Å². The van der Waals surface area contributed by atoms with E-state index in [4.69, 9.17) is 5.11 Å². The maximum Gasteiger partial charge on any atom is 0.335 e. The topological polar surface area (TPSA) is 82.5 Å². The summed E-state index contributed by atoms with van der Waals surface area (Å²) < 4.78 is 1.05. The Bertz CT molecular complexity index is 924. The van der Waals surface area contributed by atoms with E-state index < -0.39 is 5.97 Å². The normalized spacial score (nSPS) is 14.1. The second kappa shape index (κ2) is 7.05. The third kappa shape index (κ3) is 3.42. The number of aromatic carboxylic acids is 1. The maximum atomic E-state index is 12.4. The Balaban J connectivity index is 1.41. The minimum Gasteiger partial charge on any atom is -0.478 e. The summed E-state index contributed by atoms with van der Waals surface area (Å²) in [7, 11) is 0. The Kier molecular flexibility index (Phi) is 4.60. The fraction of sp³-hybridized carbons (Fsp3) is 0.278. The summed E-state index contributed by atoms with van der Waals surface area (Å²) in [6, 6.07) is 8.39. The summed E-state index contributed by atoms with van der Waals surface area (Å²) in [6.07, 6.45) is 2.43. The molecule has 3 aromatic rings.